The summed E-state index contributed by atoms with van der Waals surface area (Å²) in [5.74, 6) is -0.308. The molecule has 0 amide bonds. The molecule has 0 unspecified atom stereocenters. The first-order valence-corrected chi connectivity index (χ1v) is 18.6. The van der Waals surface area contributed by atoms with Crippen LogP contribution in [-0.4, -0.2) is 69.1 Å². The van der Waals surface area contributed by atoms with Crippen molar-refractivity contribution in [3.05, 3.63) is 11.6 Å². The van der Waals surface area contributed by atoms with Gasteiger partial charge in [-0.3, -0.25) is 0 Å². The fourth-order valence-electron chi connectivity index (χ4n) is 6.77. The molecule has 1 saturated heterocycles. The van der Waals surface area contributed by atoms with E-state index in [2.05, 4.69) is 6.92 Å². The average Bonchev–Trinajstić information content (AvgIpc) is 3.61. The highest BCUT2D eigenvalue weighted by molar-refractivity contribution is 5.90. The van der Waals surface area contributed by atoms with Gasteiger partial charge in [0, 0.05) is 12.0 Å². The van der Waals surface area contributed by atoms with Crippen molar-refractivity contribution in [1.29, 1.82) is 0 Å². The number of rotatable bonds is 28. The van der Waals surface area contributed by atoms with Crippen LogP contribution in [0.3, 0.4) is 0 Å². The molecule has 0 aromatic heterocycles. The molecule has 0 bridgehead atoms. The van der Waals surface area contributed by atoms with E-state index in [9.17, 15) is 25.2 Å². The summed E-state index contributed by atoms with van der Waals surface area (Å²) in [7, 11) is 0. The van der Waals surface area contributed by atoms with Crippen molar-refractivity contribution >= 4 is 5.97 Å². The molecule has 0 aromatic rings. The van der Waals surface area contributed by atoms with Gasteiger partial charge in [0.05, 0.1) is 36.6 Å². The van der Waals surface area contributed by atoms with Crippen LogP contribution in [0.1, 0.15) is 174 Å². The van der Waals surface area contributed by atoms with Gasteiger partial charge in [-0.1, -0.05) is 116 Å². The minimum atomic E-state index is -0.519. The predicted octanol–water partition coefficient (Wildman–Crippen LogP) is 7.84. The van der Waals surface area contributed by atoms with Crippen LogP contribution in [0, 0.1) is 0 Å². The minimum Gasteiger partial charge on any atom is -0.455 e. The zero-order valence-electron chi connectivity index (χ0n) is 28.3. The summed E-state index contributed by atoms with van der Waals surface area (Å²) in [6.07, 6.45) is 25.3. The van der Waals surface area contributed by atoms with Crippen molar-refractivity contribution in [3.63, 3.8) is 0 Å². The molecule has 0 radical (unpaired) electrons. The van der Waals surface area contributed by atoms with Crippen molar-refractivity contribution in [2.24, 2.45) is 0 Å². The number of carbonyl (C=O) groups is 1. The summed E-state index contributed by atoms with van der Waals surface area (Å²) in [5, 5.41) is 41.7. The molecule has 7 atom stereocenters. The molecule has 4 N–H and O–H groups in total. The largest absolute Gasteiger partial charge is 0.455 e. The van der Waals surface area contributed by atoms with Gasteiger partial charge in [-0.15, -0.1) is 0 Å². The lowest BCUT2D eigenvalue weighted by Gasteiger charge is -2.22. The van der Waals surface area contributed by atoms with Crippen molar-refractivity contribution in [3.8, 4) is 0 Å². The number of hydrogen-bond donors (Lipinski definition) is 4. The third kappa shape index (κ3) is 17.6. The van der Waals surface area contributed by atoms with Gasteiger partial charge in [-0.25, -0.2) is 4.79 Å². The Morgan fingerprint density at radius 2 is 1.05 bits per heavy atom. The first-order chi connectivity index (χ1) is 21.3. The molecule has 2 rings (SSSR count). The van der Waals surface area contributed by atoms with Gasteiger partial charge < -0.3 is 29.9 Å². The summed E-state index contributed by atoms with van der Waals surface area (Å²) >= 11 is 0. The van der Waals surface area contributed by atoms with E-state index in [1.54, 1.807) is 6.08 Å². The summed E-state index contributed by atoms with van der Waals surface area (Å²) < 4.78 is 11.1. The average molecular weight is 625 g/mol. The second kappa shape index (κ2) is 24.2. The van der Waals surface area contributed by atoms with Crippen molar-refractivity contribution in [2.45, 2.75) is 217 Å². The van der Waals surface area contributed by atoms with E-state index in [-0.39, 0.29) is 30.4 Å². The smallest absolute Gasteiger partial charge is 0.334 e. The van der Waals surface area contributed by atoms with E-state index in [1.807, 2.05) is 6.92 Å². The summed E-state index contributed by atoms with van der Waals surface area (Å²) in [4.78, 5) is 11.7. The Kier molecular flexibility index (Phi) is 21.6. The zero-order chi connectivity index (χ0) is 32.0. The normalized spacial score (nSPS) is 23.0. The van der Waals surface area contributed by atoms with E-state index in [0.717, 1.165) is 89.9 Å². The molecule has 0 spiro atoms. The highest BCUT2D eigenvalue weighted by atomic mass is 16.5. The second-order valence-electron chi connectivity index (χ2n) is 13.8. The fraction of sp³-hybridized carbons (Fsp3) is 0.919. The van der Waals surface area contributed by atoms with Crippen LogP contribution < -0.4 is 0 Å². The number of aliphatic hydroxyl groups is 4. The van der Waals surface area contributed by atoms with Crippen LogP contribution in [0.5, 0.6) is 0 Å². The molecule has 2 aliphatic rings. The SMILES string of the molecule is CCCCCCCCCCCC[C@H](O)[C@H]1CC[C@@H]([C@H](O)CCCCCC[C@H](O)CCCCC[C@@H](O)CC2=C[C@@H](C)OC2=O)O1. The Bertz CT molecular complexity index is 756. The van der Waals surface area contributed by atoms with Crippen LogP contribution in [0.2, 0.25) is 0 Å². The molecule has 44 heavy (non-hydrogen) atoms. The number of hydrogen-bond acceptors (Lipinski definition) is 7. The first-order valence-electron chi connectivity index (χ1n) is 18.6. The maximum absolute atomic E-state index is 11.7. The third-order valence-electron chi connectivity index (χ3n) is 9.61. The van der Waals surface area contributed by atoms with Crippen molar-refractivity contribution < 1.29 is 34.7 Å². The molecular weight excluding hydrogens is 556 g/mol. The standard InChI is InChI=1S/C37H68O7/c1-3-4-5-6-7-8-9-10-11-18-23-33(40)35-25-26-36(44-35)34(41)24-19-13-12-15-20-31(38)21-16-14-17-22-32(39)28-30-27-29(2)43-37(30)42/h27,29,31-36,38-41H,3-26,28H2,1-2H3/t29-,31+,32-,33+,34-,35-,36+/m1/s1. The van der Waals surface area contributed by atoms with Gasteiger partial charge >= 0.3 is 5.97 Å². The third-order valence-corrected chi connectivity index (χ3v) is 9.61. The van der Waals surface area contributed by atoms with Crippen molar-refractivity contribution in [2.75, 3.05) is 0 Å². The Labute approximate surface area is 269 Å². The van der Waals surface area contributed by atoms with Crippen LogP contribution in [0.15, 0.2) is 11.6 Å². The summed E-state index contributed by atoms with van der Waals surface area (Å²) in [5.41, 5.74) is 0.584. The minimum absolute atomic E-state index is 0.126. The monoisotopic (exact) mass is 624 g/mol. The van der Waals surface area contributed by atoms with E-state index < -0.39 is 18.3 Å². The number of aliphatic hydroxyl groups excluding tert-OH is 4. The Morgan fingerprint density at radius 1 is 0.636 bits per heavy atom. The first kappa shape index (κ1) is 39.2. The molecule has 2 aliphatic heterocycles. The van der Waals surface area contributed by atoms with Gasteiger partial charge in [0.25, 0.3) is 0 Å². The molecule has 0 aromatic carbocycles. The summed E-state index contributed by atoms with van der Waals surface area (Å²) in [6, 6.07) is 0. The number of cyclic esters (lactones) is 1. The van der Waals surface area contributed by atoms with Gasteiger partial charge in [0.1, 0.15) is 6.10 Å². The number of carbonyl (C=O) groups excluding carboxylic acids is 1. The van der Waals surface area contributed by atoms with Crippen LogP contribution >= 0.6 is 0 Å². The van der Waals surface area contributed by atoms with Crippen LogP contribution in [0.4, 0.5) is 0 Å². The topological polar surface area (TPSA) is 116 Å². The predicted molar refractivity (Wildman–Crippen MR) is 177 cm³/mol. The quantitative estimate of drug-likeness (QED) is 0.0518. The lowest BCUT2D eigenvalue weighted by molar-refractivity contribution is -0.139. The Balaban J connectivity index is 1.38. The number of unbranched alkanes of at least 4 members (excludes halogenated alkanes) is 14. The highest BCUT2D eigenvalue weighted by Gasteiger charge is 2.34. The van der Waals surface area contributed by atoms with Gasteiger partial charge in [-0.05, 0) is 57.9 Å². The maximum atomic E-state index is 11.7. The fourth-order valence-corrected chi connectivity index (χ4v) is 6.77. The van der Waals surface area contributed by atoms with Gasteiger partial charge in [-0.2, -0.15) is 0 Å². The molecular formula is C37H68O7. The molecule has 7 nitrogen and oxygen atoms in total. The van der Waals surface area contributed by atoms with Crippen LogP contribution in [-0.2, 0) is 14.3 Å². The molecule has 1 fully saturated rings. The molecule has 258 valence electrons. The molecule has 2 heterocycles. The van der Waals surface area contributed by atoms with E-state index in [1.165, 1.54) is 57.8 Å². The lowest BCUT2D eigenvalue weighted by atomic mass is 9.99. The lowest BCUT2D eigenvalue weighted by Crippen LogP contribution is -2.31. The number of esters is 1. The number of ether oxygens (including phenoxy) is 2. The van der Waals surface area contributed by atoms with Gasteiger partial charge in [0.2, 0.25) is 0 Å². The highest BCUT2D eigenvalue weighted by Crippen LogP contribution is 2.28. The molecule has 0 saturated carbocycles. The Morgan fingerprint density at radius 3 is 1.50 bits per heavy atom. The van der Waals surface area contributed by atoms with E-state index >= 15 is 0 Å². The summed E-state index contributed by atoms with van der Waals surface area (Å²) in [6.45, 7) is 4.08. The van der Waals surface area contributed by atoms with E-state index in [4.69, 9.17) is 9.47 Å². The molecule has 7 heteroatoms. The Hall–Kier alpha value is -0.990. The van der Waals surface area contributed by atoms with Crippen molar-refractivity contribution in [1.82, 2.24) is 0 Å². The maximum Gasteiger partial charge on any atom is 0.334 e. The van der Waals surface area contributed by atoms with Crippen LogP contribution in [0.25, 0.3) is 0 Å². The second-order valence-corrected chi connectivity index (χ2v) is 13.8. The van der Waals surface area contributed by atoms with Gasteiger partial charge in [0.15, 0.2) is 0 Å². The molecule has 0 aliphatic carbocycles. The zero-order valence-corrected chi connectivity index (χ0v) is 28.3. The van der Waals surface area contributed by atoms with E-state index in [0.29, 0.717) is 18.4 Å².